The molecule has 2 saturated heterocycles. The summed E-state index contributed by atoms with van der Waals surface area (Å²) in [4.78, 5) is 15.4. The van der Waals surface area contributed by atoms with Gasteiger partial charge in [0, 0.05) is 41.9 Å². The lowest BCUT2D eigenvalue weighted by molar-refractivity contribution is 0.0825. The smallest absolute Gasteiger partial charge is 0.251 e. The average Bonchev–Trinajstić information content (AvgIpc) is 3.35. The van der Waals surface area contributed by atoms with Crippen LogP contribution in [0, 0.1) is 0 Å². The van der Waals surface area contributed by atoms with Gasteiger partial charge in [-0.3, -0.25) is 9.69 Å². The van der Waals surface area contributed by atoms with Crippen molar-refractivity contribution in [1.29, 1.82) is 0 Å². The Morgan fingerprint density at radius 3 is 2.55 bits per heavy atom. The summed E-state index contributed by atoms with van der Waals surface area (Å²) in [6.45, 7) is 1.06. The van der Waals surface area contributed by atoms with E-state index in [1.165, 1.54) is 18.4 Å². The maximum Gasteiger partial charge on any atom is 0.251 e. The van der Waals surface area contributed by atoms with Crippen molar-refractivity contribution in [1.82, 2.24) is 10.2 Å². The van der Waals surface area contributed by atoms with Crippen LogP contribution in [0.15, 0.2) is 36.4 Å². The molecule has 3 aliphatic heterocycles. The Balaban J connectivity index is 1.23. The van der Waals surface area contributed by atoms with E-state index in [0.717, 1.165) is 30.9 Å². The number of rotatable bonds is 6. The minimum Gasteiger partial charge on any atom is -0.497 e. The highest BCUT2D eigenvalue weighted by Crippen LogP contribution is 2.39. The summed E-state index contributed by atoms with van der Waals surface area (Å²) in [6.07, 6.45) is 4.26. The number of carbonyl (C=O) groups excluding carboxylic acids is 1. The van der Waals surface area contributed by atoms with Crippen LogP contribution in [0.5, 0.6) is 23.0 Å². The number of benzene rings is 2. The second-order valence-electron chi connectivity index (χ2n) is 8.44. The van der Waals surface area contributed by atoms with Crippen molar-refractivity contribution in [3.8, 4) is 23.0 Å². The first kappa shape index (κ1) is 20.0. The Hall–Kier alpha value is -2.93. The third-order valence-electron chi connectivity index (χ3n) is 6.70. The molecule has 7 nitrogen and oxygen atoms in total. The number of methoxy groups -OCH3 is 2. The van der Waals surface area contributed by atoms with E-state index in [1.54, 1.807) is 32.4 Å². The SMILES string of the molecule is COc1ccc(CN2C3CCC2CC(NC(=O)c2ccc4c(c2)OCO4)C3)c(OC)c1. The van der Waals surface area contributed by atoms with Gasteiger partial charge in [-0.25, -0.2) is 0 Å². The molecule has 0 aliphatic carbocycles. The Morgan fingerprint density at radius 2 is 1.81 bits per heavy atom. The van der Waals surface area contributed by atoms with Crippen LogP contribution in [-0.4, -0.2) is 49.9 Å². The maximum absolute atomic E-state index is 12.8. The van der Waals surface area contributed by atoms with Crippen molar-refractivity contribution >= 4 is 5.91 Å². The van der Waals surface area contributed by atoms with Crippen LogP contribution in [0.1, 0.15) is 41.6 Å². The maximum atomic E-state index is 12.8. The predicted molar refractivity (Wildman–Crippen MR) is 115 cm³/mol. The van der Waals surface area contributed by atoms with E-state index < -0.39 is 0 Å². The van der Waals surface area contributed by atoms with Crippen LogP contribution in [0.4, 0.5) is 0 Å². The Kier molecular flexibility index (Phi) is 5.36. The first-order valence-corrected chi connectivity index (χ1v) is 10.8. The monoisotopic (exact) mass is 424 g/mol. The lowest BCUT2D eigenvalue weighted by Gasteiger charge is -2.39. The van der Waals surface area contributed by atoms with Gasteiger partial charge < -0.3 is 24.3 Å². The molecule has 3 aliphatic rings. The zero-order chi connectivity index (χ0) is 21.4. The number of fused-ring (bicyclic) bond motifs is 3. The molecule has 5 rings (SSSR count). The lowest BCUT2D eigenvalue weighted by Crippen LogP contribution is -2.50. The molecule has 1 N–H and O–H groups in total. The first-order chi connectivity index (χ1) is 15.1. The largest absolute Gasteiger partial charge is 0.497 e. The molecule has 0 saturated carbocycles. The predicted octanol–water partition coefficient (Wildman–Crippen LogP) is 3.36. The van der Waals surface area contributed by atoms with Gasteiger partial charge in [-0.1, -0.05) is 6.07 Å². The number of ether oxygens (including phenoxy) is 4. The highest BCUT2D eigenvalue weighted by Gasteiger charge is 2.41. The number of carbonyl (C=O) groups is 1. The van der Waals surface area contributed by atoms with Crippen LogP contribution in [0.25, 0.3) is 0 Å². The summed E-state index contributed by atoms with van der Waals surface area (Å²) in [5, 5.41) is 3.25. The second-order valence-corrected chi connectivity index (χ2v) is 8.44. The highest BCUT2D eigenvalue weighted by molar-refractivity contribution is 5.95. The van der Waals surface area contributed by atoms with E-state index in [4.69, 9.17) is 18.9 Å². The van der Waals surface area contributed by atoms with E-state index in [-0.39, 0.29) is 18.7 Å². The van der Waals surface area contributed by atoms with Gasteiger partial charge in [0.15, 0.2) is 11.5 Å². The summed E-state index contributed by atoms with van der Waals surface area (Å²) < 4.78 is 21.6. The molecule has 2 aromatic rings. The number of nitrogens with zero attached hydrogens (tertiary/aromatic N) is 1. The van der Waals surface area contributed by atoms with Gasteiger partial charge in [-0.05, 0) is 49.9 Å². The molecule has 7 heteroatoms. The van der Waals surface area contributed by atoms with E-state index in [0.29, 0.717) is 29.1 Å². The fourth-order valence-corrected chi connectivity index (χ4v) is 5.14. The standard InChI is InChI=1S/C24H28N2O5/c1-28-20-7-3-16(22(12-20)29-2)13-26-18-5-6-19(26)11-17(10-18)25-24(27)15-4-8-21-23(9-15)31-14-30-21/h3-4,7-9,12,17-19H,5-6,10-11,13-14H2,1-2H3,(H,25,27). The van der Waals surface area contributed by atoms with Crippen molar-refractivity contribution in [3.05, 3.63) is 47.5 Å². The first-order valence-electron chi connectivity index (χ1n) is 10.8. The normalized spacial score (nSPS) is 24.1. The van der Waals surface area contributed by atoms with Crippen LogP contribution in [0.2, 0.25) is 0 Å². The van der Waals surface area contributed by atoms with Gasteiger partial charge in [0.05, 0.1) is 14.2 Å². The fraction of sp³-hybridized carbons (Fsp3) is 0.458. The lowest BCUT2D eigenvalue weighted by atomic mass is 9.96. The van der Waals surface area contributed by atoms with Crippen molar-refractivity contribution in [2.24, 2.45) is 0 Å². The molecular formula is C24H28N2O5. The molecular weight excluding hydrogens is 396 g/mol. The van der Waals surface area contributed by atoms with E-state index >= 15 is 0 Å². The molecule has 0 spiro atoms. The van der Waals surface area contributed by atoms with Gasteiger partial charge in [0.25, 0.3) is 5.91 Å². The van der Waals surface area contributed by atoms with E-state index in [1.807, 2.05) is 12.1 Å². The van der Waals surface area contributed by atoms with Gasteiger partial charge in [0.1, 0.15) is 11.5 Å². The zero-order valence-electron chi connectivity index (χ0n) is 17.9. The van der Waals surface area contributed by atoms with Crippen molar-refractivity contribution in [2.45, 2.75) is 50.4 Å². The summed E-state index contributed by atoms with van der Waals surface area (Å²) in [6, 6.07) is 12.5. The van der Waals surface area contributed by atoms with Crippen LogP contribution >= 0.6 is 0 Å². The van der Waals surface area contributed by atoms with E-state index in [9.17, 15) is 4.79 Å². The average molecular weight is 424 g/mol. The number of hydrogen-bond donors (Lipinski definition) is 1. The Bertz CT molecular complexity index is 964. The van der Waals surface area contributed by atoms with Gasteiger partial charge in [-0.2, -0.15) is 0 Å². The summed E-state index contributed by atoms with van der Waals surface area (Å²) in [7, 11) is 3.36. The quantitative estimate of drug-likeness (QED) is 0.767. The molecule has 2 atom stereocenters. The number of hydrogen-bond acceptors (Lipinski definition) is 6. The third-order valence-corrected chi connectivity index (χ3v) is 6.70. The molecule has 2 fully saturated rings. The highest BCUT2D eigenvalue weighted by atomic mass is 16.7. The minimum atomic E-state index is -0.0482. The zero-order valence-corrected chi connectivity index (χ0v) is 17.9. The molecule has 0 radical (unpaired) electrons. The summed E-state index contributed by atoms with van der Waals surface area (Å²) >= 11 is 0. The third kappa shape index (κ3) is 3.90. The van der Waals surface area contributed by atoms with Crippen molar-refractivity contribution in [3.63, 3.8) is 0 Å². The van der Waals surface area contributed by atoms with Gasteiger partial charge >= 0.3 is 0 Å². The Morgan fingerprint density at radius 1 is 1.03 bits per heavy atom. The fourth-order valence-electron chi connectivity index (χ4n) is 5.14. The molecule has 3 heterocycles. The number of nitrogens with one attached hydrogen (secondary N) is 1. The second kappa shape index (κ2) is 8.30. The summed E-state index contributed by atoms with van der Waals surface area (Å²) in [5.41, 5.74) is 1.78. The number of piperidine rings is 1. The molecule has 1 amide bonds. The topological polar surface area (TPSA) is 69.3 Å². The molecule has 2 bridgehead atoms. The van der Waals surface area contributed by atoms with Gasteiger partial charge in [-0.15, -0.1) is 0 Å². The van der Waals surface area contributed by atoms with E-state index in [2.05, 4.69) is 16.3 Å². The molecule has 31 heavy (non-hydrogen) atoms. The Labute approximate surface area is 182 Å². The number of amides is 1. The minimum absolute atomic E-state index is 0.0482. The van der Waals surface area contributed by atoms with Crippen LogP contribution in [-0.2, 0) is 6.54 Å². The summed E-state index contributed by atoms with van der Waals surface area (Å²) in [5.74, 6) is 2.94. The molecule has 2 unspecified atom stereocenters. The van der Waals surface area contributed by atoms with Crippen molar-refractivity contribution < 1.29 is 23.7 Å². The van der Waals surface area contributed by atoms with Crippen LogP contribution in [0.3, 0.4) is 0 Å². The van der Waals surface area contributed by atoms with Gasteiger partial charge in [0.2, 0.25) is 6.79 Å². The molecule has 0 aromatic heterocycles. The molecule has 2 aromatic carbocycles. The molecule has 164 valence electrons. The van der Waals surface area contributed by atoms with Crippen LogP contribution < -0.4 is 24.3 Å². The van der Waals surface area contributed by atoms with Crippen molar-refractivity contribution in [2.75, 3.05) is 21.0 Å².